The van der Waals surface area contributed by atoms with Crippen LogP contribution in [-0.4, -0.2) is 5.11 Å². The van der Waals surface area contributed by atoms with Gasteiger partial charge in [0, 0.05) is 10.6 Å². The van der Waals surface area contributed by atoms with Gasteiger partial charge in [-0.2, -0.15) is 5.26 Å². The van der Waals surface area contributed by atoms with Gasteiger partial charge in [0.25, 0.3) is 0 Å². The highest BCUT2D eigenvalue weighted by molar-refractivity contribution is 6.35. The molecule has 0 aliphatic carbocycles. The number of phenols is 1. The first-order valence-corrected chi connectivity index (χ1v) is 6.22. The van der Waals surface area contributed by atoms with Crippen LogP contribution in [0.4, 0.5) is 0 Å². The van der Waals surface area contributed by atoms with E-state index in [1.165, 1.54) is 6.07 Å². The predicted molar refractivity (Wildman–Crippen MR) is 78.1 cm³/mol. The number of allylic oxidation sites excluding steroid dienone is 1. The fourth-order valence-electron chi connectivity index (χ4n) is 1.65. The molecule has 0 saturated carbocycles. The first-order chi connectivity index (χ1) is 9.11. The quantitative estimate of drug-likeness (QED) is 0.640. The Balaban J connectivity index is 2.54. The van der Waals surface area contributed by atoms with Gasteiger partial charge >= 0.3 is 0 Å². The van der Waals surface area contributed by atoms with Crippen molar-refractivity contribution >= 4 is 34.9 Å². The van der Waals surface area contributed by atoms with E-state index < -0.39 is 0 Å². The number of aromatic hydroxyl groups is 1. The summed E-state index contributed by atoms with van der Waals surface area (Å²) in [4.78, 5) is 0. The Morgan fingerprint density at radius 1 is 1.16 bits per heavy atom. The van der Waals surface area contributed by atoms with Gasteiger partial charge in [0.05, 0.1) is 16.7 Å². The molecule has 2 rings (SSSR count). The Bertz CT molecular complexity index is 673. The minimum Gasteiger partial charge on any atom is -0.506 e. The van der Waals surface area contributed by atoms with Gasteiger partial charge in [0.1, 0.15) is 5.75 Å². The lowest BCUT2D eigenvalue weighted by Crippen LogP contribution is -1.83. The van der Waals surface area contributed by atoms with Crippen LogP contribution in [0, 0.1) is 11.3 Å². The molecule has 0 heterocycles. The lowest BCUT2D eigenvalue weighted by atomic mass is 10.0. The monoisotopic (exact) mass is 289 g/mol. The van der Waals surface area contributed by atoms with Gasteiger partial charge in [0.15, 0.2) is 0 Å². The van der Waals surface area contributed by atoms with E-state index in [2.05, 4.69) is 6.07 Å². The first-order valence-electron chi connectivity index (χ1n) is 5.47. The van der Waals surface area contributed by atoms with Gasteiger partial charge in [0.2, 0.25) is 0 Å². The minimum absolute atomic E-state index is 0.0882. The van der Waals surface area contributed by atoms with Gasteiger partial charge < -0.3 is 5.11 Å². The molecule has 2 aromatic rings. The number of nitrogens with zero attached hydrogens (tertiary/aromatic N) is 1. The van der Waals surface area contributed by atoms with Gasteiger partial charge in [-0.05, 0) is 23.8 Å². The summed E-state index contributed by atoms with van der Waals surface area (Å²) in [6.45, 7) is 0. The van der Waals surface area contributed by atoms with Crippen LogP contribution >= 0.6 is 23.2 Å². The molecule has 0 fully saturated rings. The Morgan fingerprint density at radius 3 is 2.47 bits per heavy atom. The highest BCUT2D eigenvalue weighted by Crippen LogP contribution is 2.33. The summed E-state index contributed by atoms with van der Waals surface area (Å²) in [5, 5.41) is 19.6. The maximum atomic E-state index is 9.87. The van der Waals surface area contributed by atoms with E-state index in [4.69, 9.17) is 23.2 Å². The molecule has 0 aliphatic heterocycles. The van der Waals surface area contributed by atoms with E-state index in [9.17, 15) is 10.4 Å². The zero-order chi connectivity index (χ0) is 13.8. The van der Waals surface area contributed by atoms with Gasteiger partial charge in [-0.15, -0.1) is 0 Å². The van der Waals surface area contributed by atoms with Crippen LogP contribution in [0.1, 0.15) is 11.1 Å². The molecule has 0 atom stereocenters. The van der Waals surface area contributed by atoms with Crippen molar-refractivity contribution in [2.24, 2.45) is 0 Å². The molecule has 0 saturated heterocycles. The van der Waals surface area contributed by atoms with Crippen LogP contribution in [0.3, 0.4) is 0 Å². The van der Waals surface area contributed by atoms with Crippen molar-refractivity contribution in [1.82, 2.24) is 0 Å². The maximum Gasteiger partial charge on any atom is 0.141 e. The van der Waals surface area contributed by atoms with Crippen molar-refractivity contribution in [2.45, 2.75) is 0 Å². The third-order valence-electron chi connectivity index (χ3n) is 2.56. The Kier molecular flexibility index (Phi) is 4.11. The third kappa shape index (κ3) is 3.08. The average Bonchev–Trinajstić information content (AvgIpc) is 2.42. The zero-order valence-electron chi connectivity index (χ0n) is 9.77. The van der Waals surface area contributed by atoms with Crippen LogP contribution < -0.4 is 0 Å². The van der Waals surface area contributed by atoms with E-state index in [-0.39, 0.29) is 10.8 Å². The number of benzene rings is 2. The predicted octanol–water partition coefficient (Wildman–Crippen LogP) is 4.76. The molecule has 2 nitrogen and oxygen atoms in total. The van der Waals surface area contributed by atoms with E-state index in [0.717, 1.165) is 5.56 Å². The fourth-order valence-corrected chi connectivity index (χ4v) is 2.16. The number of nitriles is 1. The normalized spacial score (nSPS) is 11.1. The molecular formula is C15H9Cl2NO. The molecule has 0 radical (unpaired) electrons. The van der Waals surface area contributed by atoms with Gasteiger partial charge in [-0.3, -0.25) is 0 Å². The molecule has 1 N–H and O–H groups in total. The van der Waals surface area contributed by atoms with Crippen LogP contribution in [0.15, 0.2) is 42.5 Å². The molecule has 0 bridgehead atoms. The number of halogens is 2. The molecule has 0 aliphatic rings. The number of phenolic OH excluding ortho intramolecular Hbond substituents is 1. The molecule has 0 unspecified atom stereocenters. The third-order valence-corrected chi connectivity index (χ3v) is 3.07. The molecule has 0 amide bonds. The lowest BCUT2D eigenvalue weighted by molar-refractivity contribution is 0.474. The zero-order valence-corrected chi connectivity index (χ0v) is 11.3. The Morgan fingerprint density at radius 2 is 1.84 bits per heavy atom. The summed E-state index contributed by atoms with van der Waals surface area (Å²) in [5.74, 6) is -0.0882. The van der Waals surface area contributed by atoms with Crippen molar-refractivity contribution < 1.29 is 5.11 Å². The topological polar surface area (TPSA) is 44.0 Å². The van der Waals surface area contributed by atoms with E-state index >= 15 is 0 Å². The van der Waals surface area contributed by atoms with Crippen LogP contribution in [0.2, 0.25) is 10.0 Å². The van der Waals surface area contributed by atoms with E-state index in [1.807, 2.05) is 30.3 Å². The molecule has 94 valence electrons. The average molecular weight is 290 g/mol. The van der Waals surface area contributed by atoms with Crippen LogP contribution in [0.25, 0.3) is 11.6 Å². The van der Waals surface area contributed by atoms with E-state index in [0.29, 0.717) is 16.2 Å². The highest BCUT2D eigenvalue weighted by Gasteiger charge is 2.08. The minimum atomic E-state index is -0.0882. The number of hydrogen-bond acceptors (Lipinski definition) is 2. The van der Waals surface area contributed by atoms with E-state index in [1.54, 1.807) is 12.1 Å². The second kappa shape index (κ2) is 5.79. The summed E-state index contributed by atoms with van der Waals surface area (Å²) >= 11 is 11.7. The van der Waals surface area contributed by atoms with Crippen molar-refractivity contribution in [1.29, 1.82) is 5.26 Å². The largest absolute Gasteiger partial charge is 0.506 e. The second-order valence-corrected chi connectivity index (χ2v) is 4.70. The highest BCUT2D eigenvalue weighted by atomic mass is 35.5. The summed E-state index contributed by atoms with van der Waals surface area (Å²) < 4.78 is 0. The van der Waals surface area contributed by atoms with Crippen molar-refractivity contribution in [3.63, 3.8) is 0 Å². The van der Waals surface area contributed by atoms with Gasteiger partial charge in [-0.25, -0.2) is 0 Å². The summed E-state index contributed by atoms with van der Waals surface area (Å²) in [6.07, 6.45) is 1.56. The lowest BCUT2D eigenvalue weighted by Gasteiger charge is -2.04. The first kappa shape index (κ1) is 13.5. The molecule has 2 aromatic carbocycles. The Hall–Kier alpha value is -1.95. The SMILES string of the molecule is N#C/C(=C\c1cc(Cl)cc(Cl)c1O)c1ccccc1. The van der Waals surface area contributed by atoms with Gasteiger partial charge in [-0.1, -0.05) is 53.5 Å². The van der Waals surface area contributed by atoms with Crippen LogP contribution in [0.5, 0.6) is 5.75 Å². The van der Waals surface area contributed by atoms with Crippen molar-refractivity contribution in [3.05, 3.63) is 63.6 Å². The second-order valence-electron chi connectivity index (χ2n) is 3.86. The molecular weight excluding hydrogens is 281 g/mol. The number of hydrogen-bond donors (Lipinski definition) is 1. The molecule has 19 heavy (non-hydrogen) atoms. The molecule has 0 aromatic heterocycles. The summed E-state index contributed by atoms with van der Waals surface area (Å²) in [5.41, 5.74) is 1.60. The van der Waals surface area contributed by atoms with Crippen LogP contribution in [-0.2, 0) is 0 Å². The molecule has 4 heteroatoms. The smallest absolute Gasteiger partial charge is 0.141 e. The standard InChI is InChI=1S/C15H9Cl2NO/c16-13-7-11(15(19)14(17)8-13)6-12(9-18)10-4-2-1-3-5-10/h1-8,19H/b12-6+. The Labute approximate surface area is 121 Å². The van der Waals surface area contributed by atoms with Crippen molar-refractivity contribution in [2.75, 3.05) is 0 Å². The van der Waals surface area contributed by atoms with Crippen molar-refractivity contribution in [3.8, 4) is 11.8 Å². The molecule has 0 spiro atoms. The summed E-state index contributed by atoms with van der Waals surface area (Å²) in [6, 6.07) is 14.3. The summed E-state index contributed by atoms with van der Waals surface area (Å²) in [7, 11) is 0. The fraction of sp³-hybridized carbons (Fsp3) is 0. The maximum absolute atomic E-state index is 9.87. The number of rotatable bonds is 2.